The molecule has 1 unspecified atom stereocenters. The first kappa shape index (κ1) is 27.0. The van der Waals surface area contributed by atoms with E-state index in [1.165, 1.54) is 5.69 Å². The molecule has 5 nitrogen and oxygen atoms in total. The first-order chi connectivity index (χ1) is 18.1. The molecule has 2 N–H and O–H groups in total. The summed E-state index contributed by atoms with van der Waals surface area (Å²) < 4.78 is 8.65. The number of halogens is 1. The van der Waals surface area contributed by atoms with Crippen molar-refractivity contribution in [2.24, 2.45) is 0 Å². The highest BCUT2D eigenvalue weighted by Gasteiger charge is 2.26. The number of hydrogen-bond acceptors (Lipinski definition) is 4. The second-order valence-electron chi connectivity index (χ2n) is 9.24. The van der Waals surface area contributed by atoms with Gasteiger partial charge in [-0.2, -0.15) is 0 Å². The Kier molecular flexibility index (Phi) is 9.42. The third kappa shape index (κ3) is 6.25. The van der Waals surface area contributed by atoms with Crippen LogP contribution in [-0.4, -0.2) is 21.8 Å². The van der Waals surface area contributed by atoms with E-state index in [4.69, 9.17) is 9.72 Å². The molecule has 0 aliphatic rings. The number of nitrogens with zero attached hydrogens (tertiary/aromatic N) is 2. The smallest absolute Gasteiger partial charge is 0.162 e. The number of aromatic hydroxyl groups is 1. The van der Waals surface area contributed by atoms with Gasteiger partial charge in [-0.15, -0.1) is 0 Å². The number of unbranched alkanes of at least 4 members (excludes halogenated alkanes) is 1. The Morgan fingerprint density at radius 3 is 2.27 bits per heavy atom. The summed E-state index contributed by atoms with van der Waals surface area (Å²) in [7, 11) is 1.57. The molecule has 0 saturated heterocycles. The average molecular weight is 563 g/mol. The molecule has 1 heterocycles. The van der Waals surface area contributed by atoms with E-state index >= 15 is 0 Å². The third-order valence-electron chi connectivity index (χ3n) is 6.59. The maximum Gasteiger partial charge on any atom is 0.162 e. The van der Waals surface area contributed by atoms with Gasteiger partial charge in [0.25, 0.3) is 0 Å². The van der Waals surface area contributed by atoms with Crippen LogP contribution in [0.3, 0.4) is 0 Å². The van der Waals surface area contributed by atoms with Crippen molar-refractivity contribution in [3.63, 3.8) is 0 Å². The first-order valence-electron chi connectivity index (χ1n) is 13.1. The van der Waals surface area contributed by atoms with Crippen LogP contribution in [0.2, 0.25) is 0 Å². The molecule has 0 bridgehead atoms. The van der Waals surface area contributed by atoms with Gasteiger partial charge < -0.3 is 19.7 Å². The predicted molar refractivity (Wildman–Crippen MR) is 155 cm³/mol. The van der Waals surface area contributed by atoms with Gasteiger partial charge in [0.2, 0.25) is 0 Å². The topological polar surface area (TPSA) is 59.3 Å². The Labute approximate surface area is 228 Å². The number of nitrogens with one attached hydrogen (secondary N) is 1. The summed E-state index contributed by atoms with van der Waals surface area (Å²) in [4.78, 5) is 5.26. The van der Waals surface area contributed by atoms with Crippen LogP contribution in [0.15, 0.2) is 77.3 Å². The molecule has 3 aromatic carbocycles. The maximum absolute atomic E-state index is 10.8. The summed E-state index contributed by atoms with van der Waals surface area (Å²) in [6.07, 6.45) is 4.15. The summed E-state index contributed by atoms with van der Waals surface area (Å²) >= 11 is 3.55. The van der Waals surface area contributed by atoms with E-state index in [9.17, 15) is 5.11 Å². The fourth-order valence-corrected chi connectivity index (χ4v) is 5.26. The fraction of sp³-hybridized carbons (Fsp3) is 0.323. The van der Waals surface area contributed by atoms with Gasteiger partial charge in [0.15, 0.2) is 11.5 Å². The lowest BCUT2D eigenvalue weighted by Crippen LogP contribution is -2.24. The molecule has 4 rings (SSSR count). The number of methoxy groups -OCH3 is 1. The van der Waals surface area contributed by atoms with Crippen molar-refractivity contribution >= 4 is 15.9 Å². The van der Waals surface area contributed by atoms with Gasteiger partial charge in [-0.05, 0) is 25.0 Å². The van der Waals surface area contributed by atoms with Crippen molar-refractivity contribution in [1.82, 2.24) is 14.9 Å². The van der Waals surface area contributed by atoms with Crippen LogP contribution in [0.25, 0.3) is 22.6 Å². The van der Waals surface area contributed by atoms with Crippen molar-refractivity contribution in [1.29, 1.82) is 0 Å². The van der Waals surface area contributed by atoms with Crippen molar-refractivity contribution in [3.8, 4) is 34.1 Å². The summed E-state index contributed by atoms with van der Waals surface area (Å²) in [6.45, 7) is 5.81. The molecule has 0 aliphatic carbocycles. The van der Waals surface area contributed by atoms with Gasteiger partial charge >= 0.3 is 0 Å². The zero-order valence-corrected chi connectivity index (χ0v) is 23.5. The average Bonchev–Trinajstić information content (AvgIpc) is 3.30. The summed E-state index contributed by atoms with van der Waals surface area (Å²) in [5.74, 6) is 1.62. The largest absolute Gasteiger partial charge is 0.504 e. The molecule has 0 spiro atoms. The van der Waals surface area contributed by atoms with Gasteiger partial charge in [-0.25, -0.2) is 4.98 Å². The zero-order chi connectivity index (χ0) is 26.2. The van der Waals surface area contributed by atoms with Gasteiger partial charge in [0.1, 0.15) is 5.82 Å². The van der Waals surface area contributed by atoms with E-state index in [0.29, 0.717) is 12.3 Å². The number of imidazole rings is 1. The van der Waals surface area contributed by atoms with Gasteiger partial charge in [0, 0.05) is 34.3 Å². The molecular formula is C31H36BrN3O2. The van der Waals surface area contributed by atoms with Crippen LogP contribution >= 0.6 is 15.9 Å². The van der Waals surface area contributed by atoms with E-state index in [2.05, 4.69) is 88.2 Å². The predicted octanol–water partition coefficient (Wildman–Crippen LogP) is 8.12. The molecule has 4 aromatic rings. The highest BCUT2D eigenvalue weighted by Crippen LogP contribution is 2.37. The minimum Gasteiger partial charge on any atom is -0.504 e. The van der Waals surface area contributed by atoms with E-state index in [1.54, 1.807) is 13.2 Å². The lowest BCUT2D eigenvalue weighted by atomic mass is 10.0. The van der Waals surface area contributed by atoms with Crippen molar-refractivity contribution in [2.75, 3.05) is 7.11 Å². The minimum absolute atomic E-state index is 0.0519. The van der Waals surface area contributed by atoms with E-state index in [-0.39, 0.29) is 11.8 Å². The summed E-state index contributed by atoms with van der Waals surface area (Å²) in [5, 5.41) is 14.6. The van der Waals surface area contributed by atoms with Crippen LogP contribution in [0, 0.1) is 0 Å². The van der Waals surface area contributed by atoms with Crippen LogP contribution < -0.4 is 10.1 Å². The second kappa shape index (κ2) is 12.9. The lowest BCUT2D eigenvalue weighted by Gasteiger charge is -2.23. The molecule has 1 aromatic heterocycles. The SMILES string of the molecule is CCCCC(NCc1cc(Br)cc(OC)c1O)c1c(-c2ccccc2)nc(-c2ccccc2)n1CCC. The number of rotatable bonds is 12. The van der Waals surface area contributed by atoms with Gasteiger partial charge in [0.05, 0.1) is 24.5 Å². The molecule has 0 radical (unpaired) electrons. The maximum atomic E-state index is 10.8. The Morgan fingerprint density at radius 2 is 1.65 bits per heavy atom. The van der Waals surface area contributed by atoms with Gasteiger partial charge in [-0.3, -0.25) is 0 Å². The molecular weight excluding hydrogens is 526 g/mol. The highest BCUT2D eigenvalue weighted by atomic mass is 79.9. The fourth-order valence-electron chi connectivity index (χ4n) is 4.78. The van der Waals surface area contributed by atoms with Crippen LogP contribution in [0.5, 0.6) is 11.5 Å². The summed E-state index contributed by atoms with van der Waals surface area (Å²) in [5.41, 5.74) is 5.22. The molecule has 0 amide bonds. The standard InChI is InChI=1S/C31H36BrN3O2/c1-4-6-17-26(33-21-24-19-25(32)20-27(37-3)30(24)36)29-28(22-13-9-7-10-14-22)34-31(35(29)18-5-2)23-15-11-8-12-16-23/h7-16,19-20,26,33,36H,4-6,17-18,21H2,1-3H3. The monoisotopic (exact) mass is 561 g/mol. The molecule has 0 aliphatic heterocycles. The lowest BCUT2D eigenvalue weighted by molar-refractivity contribution is 0.367. The number of phenols is 1. The van der Waals surface area contributed by atoms with E-state index in [1.807, 2.05) is 18.2 Å². The van der Waals surface area contributed by atoms with Gasteiger partial charge in [-0.1, -0.05) is 103 Å². The Morgan fingerprint density at radius 1 is 0.973 bits per heavy atom. The molecule has 6 heteroatoms. The number of ether oxygens (including phenoxy) is 1. The number of aromatic nitrogens is 2. The van der Waals surface area contributed by atoms with E-state index < -0.39 is 0 Å². The van der Waals surface area contributed by atoms with Crippen LogP contribution in [0.4, 0.5) is 0 Å². The second-order valence-corrected chi connectivity index (χ2v) is 10.2. The Bertz CT molecular complexity index is 1290. The Hall–Kier alpha value is -3.09. The first-order valence-corrected chi connectivity index (χ1v) is 13.9. The summed E-state index contributed by atoms with van der Waals surface area (Å²) in [6, 6.07) is 24.7. The van der Waals surface area contributed by atoms with Crippen molar-refractivity contribution in [3.05, 3.63) is 88.5 Å². The molecule has 0 fully saturated rings. The number of benzene rings is 3. The van der Waals surface area contributed by atoms with Crippen molar-refractivity contribution in [2.45, 2.75) is 58.7 Å². The zero-order valence-electron chi connectivity index (χ0n) is 21.9. The van der Waals surface area contributed by atoms with Crippen molar-refractivity contribution < 1.29 is 9.84 Å². The van der Waals surface area contributed by atoms with Crippen LogP contribution in [0.1, 0.15) is 56.8 Å². The molecule has 1 atom stereocenters. The molecule has 194 valence electrons. The van der Waals surface area contributed by atoms with E-state index in [0.717, 1.165) is 64.9 Å². The van der Waals surface area contributed by atoms with Crippen LogP contribution in [-0.2, 0) is 13.1 Å². The molecule has 37 heavy (non-hydrogen) atoms. The minimum atomic E-state index is 0.0519. The Balaban J connectivity index is 1.83. The third-order valence-corrected chi connectivity index (χ3v) is 7.04. The number of hydrogen-bond donors (Lipinski definition) is 2. The number of phenolic OH excluding ortho intramolecular Hbond substituents is 1. The molecule has 0 saturated carbocycles. The quantitative estimate of drug-likeness (QED) is 0.183. The normalized spacial score (nSPS) is 12.0. The highest BCUT2D eigenvalue weighted by molar-refractivity contribution is 9.10.